The quantitative estimate of drug-likeness (QED) is 0.638. The van der Waals surface area contributed by atoms with E-state index >= 15 is 0 Å². The fourth-order valence-electron chi connectivity index (χ4n) is 1.13. The topological polar surface area (TPSA) is 58.6 Å². The average Bonchev–Trinajstić information content (AvgIpc) is 2.49. The van der Waals surface area contributed by atoms with E-state index in [2.05, 4.69) is 15.0 Å². The third kappa shape index (κ3) is 0.887. The van der Waals surface area contributed by atoms with Crippen molar-refractivity contribution in [2.75, 3.05) is 0 Å². The highest BCUT2D eigenvalue weighted by Crippen LogP contribution is 2.11. The van der Waals surface area contributed by atoms with Gasteiger partial charge in [0, 0.05) is 13.1 Å². The summed E-state index contributed by atoms with van der Waals surface area (Å²) in [5.41, 5.74) is 1.91. The van der Waals surface area contributed by atoms with Gasteiger partial charge in [-0.15, -0.1) is 0 Å². The molecule has 2 heterocycles. The largest absolute Gasteiger partial charge is 0.344 e. The lowest BCUT2D eigenvalue weighted by Crippen LogP contribution is -1.96. The maximum absolute atomic E-state index is 11.0. The molecule has 2 rings (SSSR count). The standard InChI is InChI=1S/C8H7N3O/c1-5(12)7-8-6(2-3-9-7)10-4-11-8/h2-4H,1H3,(H,10,11). The van der Waals surface area contributed by atoms with Crippen LogP contribution in [-0.2, 0) is 0 Å². The van der Waals surface area contributed by atoms with E-state index in [-0.39, 0.29) is 5.78 Å². The van der Waals surface area contributed by atoms with E-state index in [9.17, 15) is 4.79 Å². The predicted molar refractivity (Wildman–Crippen MR) is 43.9 cm³/mol. The SMILES string of the molecule is CC(=O)c1nccc2[nH]cnc12. The Morgan fingerprint density at radius 2 is 2.33 bits per heavy atom. The Hall–Kier alpha value is -1.71. The molecule has 2 aromatic rings. The molecule has 0 radical (unpaired) electrons. The van der Waals surface area contributed by atoms with Crippen LogP contribution in [0.1, 0.15) is 17.4 Å². The van der Waals surface area contributed by atoms with Gasteiger partial charge in [-0.2, -0.15) is 0 Å². The number of nitrogens with one attached hydrogen (secondary N) is 1. The molecule has 12 heavy (non-hydrogen) atoms. The van der Waals surface area contributed by atoms with Crippen LogP contribution in [0, 0.1) is 0 Å². The Balaban J connectivity index is 2.82. The van der Waals surface area contributed by atoms with Crippen LogP contribution in [0.15, 0.2) is 18.6 Å². The molecule has 4 nitrogen and oxygen atoms in total. The van der Waals surface area contributed by atoms with Gasteiger partial charge in [0.1, 0.15) is 11.2 Å². The lowest BCUT2D eigenvalue weighted by atomic mass is 10.2. The van der Waals surface area contributed by atoms with Crippen molar-refractivity contribution in [3.63, 3.8) is 0 Å². The van der Waals surface area contributed by atoms with Gasteiger partial charge < -0.3 is 4.98 Å². The Labute approximate surface area is 68.7 Å². The van der Waals surface area contributed by atoms with E-state index in [1.807, 2.05) is 0 Å². The zero-order valence-corrected chi connectivity index (χ0v) is 6.53. The van der Waals surface area contributed by atoms with Crippen molar-refractivity contribution in [2.45, 2.75) is 6.92 Å². The summed E-state index contributed by atoms with van der Waals surface area (Å²) in [4.78, 5) is 21.9. The molecule has 0 saturated carbocycles. The highest BCUT2D eigenvalue weighted by atomic mass is 16.1. The second-order valence-electron chi connectivity index (χ2n) is 2.51. The monoisotopic (exact) mass is 161 g/mol. The Bertz CT molecular complexity index is 433. The molecule has 0 saturated heterocycles. The molecule has 1 N–H and O–H groups in total. The minimum absolute atomic E-state index is 0.0623. The molecule has 0 fully saturated rings. The van der Waals surface area contributed by atoms with Crippen molar-refractivity contribution in [2.24, 2.45) is 0 Å². The van der Waals surface area contributed by atoms with E-state index < -0.39 is 0 Å². The summed E-state index contributed by atoms with van der Waals surface area (Å²) in [6, 6.07) is 1.79. The van der Waals surface area contributed by atoms with Gasteiger partial charge in [-0.05, 0) is 6.07 Å². The third-order valence-electron chi connectivity index (χ3n) is 1.67. The van der Waals surface area contributed by atoms with Gasteiger partial charge in [0.2, 0.25) is 0 Å². The Morgan fingerprint density at radius 1 is 1.50 bits per heavy atom. The molecule has 0 spiro atoms. The molecule has 60 valence electrons. The number of aromatic amines is 1. The maximum Gasteiger partial charge on any atom is 0.180 e. The number of Topliss-reactive ketones (excluding diaryl/α,β-unsaturated/α-hetero) is 1. The summed E-state index contributed by atoms with van der Waals surface area (Å²) in [6.07, 6.45) is 3.15. The number of nitrogens with zero attached hydrogens (tertiary/aromatic N) is 2. The number of hydrogen-bond donors (Lipinski definition) is 1. The summed E-state index contributed by atoms with van der Waals surface area (Å²) in [6.45, 7) is 1.48. The van der Waals surface area contributed by atoms with Crippen LogP contribution in [0.25, 0.3) is 11.0 Å². The van der Waals surface area contributed by atoms with Gasteiger partial charge in [0.15, 0.2) is 5.78 Å². The summed E-state index contributed by atoms with van der Waals surface area (Å²) in [5.74, 6) is -0.0623. The van der Waals surface area contributed by atoms with Crippen LogP contribution in [0.3, 0.4) is 0 Å². The van der Waals surface area contributed by atoms with E-state index in [4.69, 9.17) is 0 Å². The average molecular weight is 161 g/mol. The molecule has 0 atom stereocenters. The smallest absolute Gasteiger partial charge is 0.180 e. The van der Waals surface area contributed by atoms with E-state index in [1.165, 1.54) is 6.92 Å². The van der Waals surface area contributed by atoms with Crippen molar-refractivity contribution in [3.8, 4) is 0 Å². The fraction of sp³-hybridized carbons (Fsp3) is 0.125. The lowest BCUT2D eigenvalue weighted by Gasteiger charge is -1.93. The summed E-state index contributed by atoms with van der Waals surface area (Å²) in [7, 11) is 0. The molecule has 0 aliphatic heterocycles. The van der Waals surface area contributed by atoms with Crippen LogP contribution < -0.4 is 0 Å². The number of rotatable bonds is 1. The van der Waals surface area contributed by atoms with Gasteiger partial charge in [-0.3, -0.25) is 9.78 Å². The van der Waals surface area contributed by atoms with Crippen LogP contribution in [-0.4, -0.2) is 20.7 Å². The lowest BCUT2D eigenvalue weighted by molar-refractivity contribution is 0.101. The molecule has 0 amide bonds. The molecular weight excluding hydrogens is 154 g/mol. The van der Waals surface area contributed by atoms with Crippen LogP contribution in [0.2, 0.25) is 0 Å². The predicted octanol–water partition coefficient (Wildman–Crippen LogP) is 1.16. The van der Waals surface area contributed by atoms with Crippen LogP contribution in [0.4, 0.5) is 0 Å². The summed E-state index contributed by atoms with van der Waals surface area (Å²) < 4.78 is 0. The maximum atomic E-state index is 11.0. The highest BCUT2D eigenvalue weighted by molar-refractivity contribution is 6.02. The number of H-pyrrole nitrogens is 1. The molecule has 0 aromatic carbocycles. The number of carbonyl (C=O) groups is 1. The van der Waals surface area contributed by atoms with Crippen molar-refractivity contribution >= 4 is 16.8 Å². The molecule has 0 unspecified atom stereocenters. The zero-order valence-electron chi connectivity index (χ0n) is 6.53. The Morgan fingerprint density at radius 3 is 3.08 bits per heavy atom. The number of hydrogen-bond acceptors (Lipinski definition) is 3. The summed E-state index contributed by atoms with van der Waals surface area (Å²) >= 11 is 0. The van der Waals surface area contributed by atoms with Crippen LogP contribution >= 0.6 is 0 Å². The molecule has 2 aromatic heterocycles. The minimum atomic E-state index is -0.0623. The van der Waals surface area contributed by atoms with E-state index in [1.54, 1.807) is 18.6 Å². The first kappa shape index (κ1) is 6.97. The second kappa shape index (κ2) is 2.41. The number of imidazole rings is 1. The van der Waals surface area contributed by atoms with E-state index in [0.29, 0.717) is 11.2 Å². The number of carbonyl (C=O) groups excluding carboxylic acids is 1. The van der Waals surface area contributed by atoms with Gasteiger partial charge in [0.05, 0.1) is 11.8 Å². The van der Waals surface area contributed by atoms with Crippen LogP contribution in [0.5, 0.6) is 0 Å². The third-order valence-corrected chi connectivity index (χ3v) is 1.67. The van der Waals surface area contributed by atoms with Crippen molar-refractivity contribution in [1.82, 2.24) is 15.0 Å². The highest BCUT2D eigenvalue weighted by Gasteiger charge is 2.07. The first-order chi connectivity index (χ1) is 5.79. The Kier molecular flexibility index (Phi) is 1.40. The molecule has 0 aliphatic rings. The molecule has 0 bridgehead atoms. The van der Waals surface area contributed by atoms with Crippen molar-refractivity contribution < 1.29 is 4.79 Å². The second-order valence-corrected chi connectivity index (χ2v) is 2.51. The number of aromatic nitrogens is 3. The fourth-order valence-corrected chi connectivity index (χ4v) is 1.13. The first-order valence-electron chi connectivity index (χ1n) is 3.58. The molecular formula is C8H7N3O. The number of pyridine rings is 1. The van der Waals surface area contributed by atoms with Crippen molar-refractivity contribution in [1.29, 1.82) is 0 Å². The van der Waals surface area contributed by atoms with E-state index in [0.717, 1.165) is 5.52 Å². The number of ketones is 1. The number of fused-ring (bicyclic) bond motifs is 1. The van der Waals surface area contributed by atoms with Gasteiger partial charge in [-0.25, -0.2) is 4.98 Å². The van der Waals surface area contributed by atoms with Gasteiger partial charge in [-0.1, -0.05) is 0 Å². The minimum Gasteiger partial charge on any atom is -0.344 e. The zero-order chi connectivity index (χ0) is 8.55. The first-order valence-corrected chi connectivity index (χ1v) is 3.58. The summed E-state index contributed by atoms with van der Waals surface area (Å²) in [5, 5.41) is 0. The molecule has 0 aliphatic carbocycles. The molecule has 4 heteroatoms. The normalized spacial score (nSPS) is 10.4. The van der Waals surface area contributed by atoms with Gasteiger partial charge in [0.25, 0.3) is 0 Å². The van der Waals surface area contributed by atoms with Gasteiger partial charge >= 0.3 is 0 Å². The van der Waals surface area contributed by atoms with Crippen molar-refractivity contribution in [3.05, 3.63) is 24.3 Å².